The predicted molar refractivity (Wildman–Crippen MR) is 60.8 cm³/mol. The average Bonchev–Trinajstić information content (AvgIpc) is 2.28. The summed E-state index contributed by atoms with van der Waals surface area (Å²) < 4.78 is 0. The molecule has 1 unspecified atom stereocenters. The molecule has 0 fully saturated rings. The zero-order chi connectivity index (χ0) is 11.3. The molecule has 0 N–H and O–H groups in total. The van der Waals surface area contributed by atoms with Crippen molar-refractivity contribution in [2.24, 2.45) is 0 Å². The number of carbonyl (C=O) groups excluding carboxylic acids is 1. The van der Waals surface area contributed by atoms with Crippen LogP contribution in [0.3, 0.4) is 0 Å². The molecule has 15 heavy (non-hydrogen) atoms. The Hall–Kier alpha value is -1.09. The Balaban J connectivity index is 2.68. The number of pyridine rings is 1. The first-order valence-corrected chi connectivity index (χ1v) is 5.41. The summed E-state index contributed by atoms with van der Waals surface area (Å²) in [7, 11) is 1.79. The minimum Gasteiger partial charge on any atom is -0.339 e. The van der Waals surface area contributed by atoms with E-state index in [9.17, 15) is 4.79 Å². The fourth-order valence-corrected chi connectivity index (χ4v) is 1.50. The van der Waals surface area contributed by atoms with Crippen molar-refractivity contribution in [3.8, 4) is 0 Å². The van der Waals surface area contributed by atoms with Crippen molar-refractivity contribution in [1.82, 2.24) is 9.88 Å². The van der Waals surface area contributed by atoms with Crippen LogP contribution in [-0.2, 0) is 4.79 Å². The Morgan fingerprint density at radius 1 is 1.53 bits per heavy atom. The number of aromatic nitrogens is 1. The van der Waals surface area contributed by atoms with Gasteiger partial charge in [-0.1, -0.05) is 0 Å². The fourth-order valence-electron chi connectivity index (χ4n) is 1.34. The highest BCUT2D eigenvalue weighted by Crippen LogP contribution is 2.18. The molecule has 1 aromatic rings. The lowest BCUT2D eigenvalue weighted by molar-refractivity contribution is -0.131. The lowest BCUT2D eigenvalue weighted by atomic mass is 10.1. The van der Waals surface area contributed by atoms with Gasteiger partial charge in [0.1, 0.15) is 0 Å². The van der Waals surface area contributed by atoms with E-state index in [0.717, 1.165) is 5.56 Å². The van der Waals surface area contributed by atoms with Crippen molar-refractivity contribution in [3.63, 3.8) is 0 Å². The molecule has 0 spiro atoms. The molecule has 1 amide bonds. The van der Waals surface area contributed by atoms with E-state index in [4.69, 9.17) is 11.6 Å². The van der Waals surface area contributed by atoms with Gasteiger partial charge in [0.25, 0.3) is 0 Å². The summed E-state index contributed by atoms with van der Waals surface area (Å²) in [6.45, 7) is 1.99. The third kappa shape index (κ3) is 3.20. The van der Waals surface area contributed by atoms with E-state index in [-0.39, 0.29) is 11.9 Å². The Labute approximate surface area is 95.1 Å². The number of rotatable bonds is 4. The van der Waals surface area contributed by atoms with Crippen LogP contribution in [0.15, 0.2) is 24.5 Å². The Morgan fingerprint density at radius 2 is 2.13 bits per heavy atom. The summed E-state index contributed by atoms with van der Waals surface area (Å²) in [5.41, 5.74) is 1.08. The van der Waals surface area contributed by atoms with Crippen molar-refractivity contribution in [2.75, 3.05) is 12.9 Å². The molecule has 0 aliphatic heterocycles. The second-order valence-corrected chi connectivity index (χ2v) is 3.78. The highest BCUT2D eigenvalue weighted by atomic mass is 35.5. The second-order valence-electron chi connectivity index (χ2n) is 3.40. The van der Waals surface area contributed by atoms with Crippen LogP contribution in [0.1, 0.15) is 24.9 Å². The maximum absolute atomic E-state index is 11.6. The van der Waals surface area contributed by atoms with E-state index in [1.165, 1.54) is 0 Å². The first-order valence-electron chi connectivity index (χ1n) is 4.88. The molecule has 0 bridgehead atoms. The van der Waals surface area contributed by atoms with Gasteiger partial charge < -0.3 is 4.90 Å². The van der Waals surface area contributed by atoms with Crippen molar-refractivity contribution in [1.29, 1.82) is 0 Å². The van der Waals surface area contributed by atoms with Gasteiger partial charge in [-0.3, -0.25) is 9.78 Å². The second kappa shape index (κ2) is 5.71. The van der Waals surface area contributed by atoms with Crippen LogP contribution in [0.2, 0.25) is 0 Å². The molecular formula is C11H15ClN2O. The maximum Gasteiger partial charge on any atom is 0.224 e. The molecule has 0 aliphatic rings. The topological polar surface area (TPSA) is 33.2 Å². The Morgan fingerprint density at radius 3 is 2.67 bits per heavy atom. The Bertz CT molecular complexity index is 316. The first kappa shape index (κ1) is 12.0. The number of halogens is 1. The molecule has 3 nitrogen and oxygen atoms in total. The Kier molecular flexibility index (Phi) is 4.56. The molecule has 1 atom stereocenters. The van der Waals surface area contributed by atoms with Crippen LogP contribution >= 0.6 is 11.6 Å². The fraction of sp³-hybridized carbons (Fsp3) is 0.455. The van der Waals surface area contributed by atoms with Crippen molar-refractivity contribution >= 4 is 17.5 Å². The number of alkyl halides is 1. The highest BCUT2D eigenvalue weighted by Gasteiger charge is 2.16. The van der Waals surface area contributed by atoms with Gasteiger partial charge in [0.2, 0.25) is 5.91 Å². The summed E-state index contributed by atoms with van der Waals surface area (Å²) in [4.78, 5) is 17.2. The highest BCUT2D eigenvalue weighted by molar-refractivity contribution is 6.18. The lowest BCUT2D eigenvalue weighted by Crippen LogP contribution is -2.29. The van der Waals surface area contributed by atoms with E-state index in [1.54, 1.807) is 24.3 Å². The number of nitrogens with zero attached hydrogens (tertiary/aromatic N) is 2. The van der Waals surface area contributed by atoms with E-state index in [2.05, 4.69) is 4.98 Å². The molecule has 1 aromatic heterocycles. The number of amides is 1. The van der Waals surface area contributed by atoms with Crippen molar-refractivity contribution < 1.29 is 4.79 Å². The molecule has 0 saturated heterocycles. The van der Waals surface area contributed by atoms with Crippen LogP contribution in [0.5, 0.6) is 0 Å². The monoisotopic (exact) mass is 226 g/mol. The summed E-state index contributed by atoms with van der Waals surface area (Å²) in [6, 6.07) is 3.88. The zero-order valence-corrected chi connectivity index (χ0v) is 9.74. The van der Waals surface area contributed by atoms with E-state index >= 15 is 0 Å². The van der Waals surface area contributed by atoms with E-state index < -0.39 is 0 Å². The van der Waals surface area contributed by atoms with Crippen LogP contribution in [0, 0.1) is 0 Å². The van der Waals surface area contributed by atoms with Crippen LogP contribution in [0.25, 0.3) is 0 Å². The standard InChI is InChI=1S/C11H15ClN2O/c1-9(10-4-7-13-8-5-10)14(2)11(15)3-6-12/h4-5,7-9H,3,6H2,1-2H3. The number of hydrogen-bond acceptors (Lipinski definition) is 2. The molecule has 0 aromatic carbocycles. The summed E-state index contributed by atoms with van der Waals surface area (Å²) in [5.74, 6) is 0.431. The van der Waals surface area contributed by atoms with Gasteiger partial charge in [0, 0.05) is 31.7 Å². The summed E-state index contributed by atoms with van der Waals surface area (Å²) >= 11 is 5.53. The van der Waals surface area contributed by atoms with Gasteiger partial charge in [-0.05, 0) is 24.6 Å². The zero-order valence-electron chi connectivity index (χ0n) is 8.98. The minimum atomic E-state index is 0.0590. The maximum atomic E-state index is 11.6. The molecule has 1 heterocycles. The largest absolute Gasteiger partial charge is 0.339 e. The number of carbonyl (C=O) groups is 1. The van der Waals surface area contributed by atoms with Crippen molar-refractivity contribution in [2.45, 2.75) is 19.4 Å². The third-order valence-electron chi connectivity index (χ3n) is 2.47. The van der Waals surface area contributed by atoms with Gasteiger partial charge in [0.05, 0.1) is 6.04 Å². The van der Waals surface area contributed by atoms with Crippen molar-refractivity contribution in [3.05, 3.63) is 30.1 Å². The smallest absolute Gasteiger partial charge is 0.224 e. The quantitative estimate of drug-likeness (QED) is 0.738. The van der Waals surface area contributed by atoms with Gasteiger partial charge in [-0.25, -0.2) is 0 Å². The first-order chi connectivity index (χ1) is 7.16. The molecule has 0 aliphatic carbocycles. The van der Waals surface area contributed by atoms with Gasteiger partial charge in [-0.2, -0.15) is 0 Å². The predicted octanol–water partition coefficient (Wildman–Crippen LogP) is 2.23. The summed E-state index contributed by atoms with van der Waals surface area (Å²) in [5, 5.41) is 0. The molecule has 1 rings (SSSR count). The van der Waals surface area contributed by atoms with Gasteiger partial charge in [0.15, 0.2) is 0 Å². The molecule has 0 saturated carbocycles. The average molecular weight is 227 g/mol. The van der Waals surface area contributed by atoms with Crippen LogP contribution < -0.4 is 0 Å². The molecular weight excluding hydrogens is 212 g/mol. The normalized spacial score (nSPS) is 12.2. The number of hydrogen-bond donors (Lipinski definition) is 0. The molecule has 0 radical (unpaired) electrons. The minimum absolute atomic E-state index is 0.0590. The van der Waals surface area contributed by atoms with E-state index in [1.807, 2.05) is 19.1 Å². The van der Waals surface area contributed by atoms with Gasteiger partial charge >= 0.3 is 0 Å². The lowest BCUT2D eigenvalue weighted by Gasteiger charge is -2.25. The van der Waals surface area contributed by atoms with Crippen LogP contribution in [0.4, 0.5) is 0 Å². The molecule has 4 heteroatoms. The van der Waals surface area contributed by atoms with E-state index in [0.29, 0.717) is 12.3 Å². The third-order valence-corrected chi connectivity index (χ3v) is 2.66. The SMILES string of the molecule is CC(c1ccncc1)N(C)C(=O)CCCl. The van der Waals surface area contributed by atoms with Gasteiger partial charge in [-0.15, -0.1) is 11.6 Å². The molecule has 82 valence electrons. The summed E-state index contributed by atoms with van der Waals surface area (Å²) in [6.07, 6.45) is 3.84. The van der Waals surface area contributed by atoms with Crippen LogP contribution in [-0.4, -0.2) is 28.7 Å².